The third-order valence-corrected chi connectivity index (χ3v) is 7.39. The van der Waals surface area contributed by atoms with E-state index < -0.39 is 5.54 Å². The first-order valence-corrected chi connectivity index (χ1v) is 13.2. The van der Waals surface area contributed by atoms with Crippen molar-refractivity contribution in [3.63, 3.8) is 0 Å². The van der Waals surface area contributed by atoms with Gasteiger partial charge in [0.2, 0.25) is 11.8 Å². The monoisotopic (exact) mass is 522 g/mol. The standard InChI is InChI=1S/C28H31FN4O3S/c1-19-16-20(2)31-27(30-19)37-18-25(34)33(17-21-6-8-22(29)9-7-21)28(14-4-5-15-28)26(35)32-23-10-12-24(36-3)13-11-23/h6-13,16H,4-5,14-15,17-18H2,1-3H3,(H,32,35). The van der Waals surface area contributed by atoms with E-state index in [1.54, 1.807) is 48.4 Å². The van der Waals surface area contributed by atoms with Gasteiger partial charge in [-0.2, -0.15) is 0 Å². The highest BCUT2D eigenvalue weighted by atomic mass is 32.2. The molecule has 3 aromatic rings. The number of nitrogens with one attached hydrogen (secondary N) is 1. The minimum atomic E-state index is -1.02. The number of anilines is 1. The number of nitrogens with zero attached hydrogens (tertiary/aromatic N) is 3. The average molecular weight is 523 g/mol. The summed E-state index contributed by atoms with van der Waals surface area (Å²) in [5.41, 5.74) is 2.03. The summed E-state index contributed by atoms with van der Waals surface area (Å²) in [6, 6.07) is 15.0. The van der Waals surface area contributed by atoms with Crippen molar-refractivity contribution in [2.75, 3.05) is 18.2 Å². The van der Waals surface area contributed by atoms with E-state index in [9.17, 15) is 14.0 Å². The van der Waals surface area contributed by atoms with Crippen LogP contribution in [0.25, 0.3) is 0 Å². The molecule has 2 amide bonds. The van der Waals surface area contributed by atoms with Crippen molar-refractivity contribution < 1.29 is 18.7 Å². The van der Waals surface area contributed by atoms with E-state index in [-0.39, 0.29) is 29.9 Å². The normalized spacial score (nSPS) is 14.3. The van der Waals surface area contributed by atoms with Gasteiger partial charge in [-0.1, -0.05) is 36.7 Å². The number of amides is 2. The van der Waals surface area contributed by atoms with Crippen molar-refractivity contribution >= 4 is 29.3 Å². The number of benzene rings is 2. The van der Waals surface area contributed by atoms with Gasteiger partial charge in [-0.25, -0.2) is 14.4 Å². The maximum absolute atomic E-state index is 13.8. The summed E-state index contributed by atoms with van der Waals surface area (Å²) in [5, 5.41) is 3.54. The van der Waals surface area contributed by atoms with E-state index in [2.05, 4.69) is 15.3 Å². The van der Waals surface area contributed by atoms with Crippen molar-refractivity contribution in [1.29, 1.82) is 0 Å². The van der Waals surface area contributed by atoms with E-state index in [4.69, 9.17) is 4.74 Å². The molecule has 1 fully saturated rings. The largest absolute Gasteiger partial charge is 0.497 e. The Hall–Kier alpha value is -3.46. The molecule has 1 N–H and O–H groups in total. The lowest BCUT2D eigenvalue weighted by atomic mass is 9.92. The number of thioether (sulfide) groups is 1. The van der Waals surface area contributed by atoms with Crippen LogP contribution >= 0.6 is 11.8 Å². The molecule has 1 aliphatic carbocycles. The molecule has 0 spiro atoms. The van der Waals surface area contributed by atoms with E-state index in [1.807, 2.05) is 19.9 Å². The summed E-state index contributed by atoms with van der Waals surface area (Å²) in [6.45, 7) is 3.97. The van der Waals surface area contributed by atoms with Gasteiger partial charge in [0.15, 0.2) is 5.16 Å². The molecule has 194 valence electrons. The lowest BCUT2D eigenvalue weighted by Crippen LogP contribution is -2.57. The Kier molecular flexibility index (Phi) is 8.43. The lowest BCUT2D eigenvalue weighted by molar-refractivity contribution is -0.144. The Morgan fingerprint density at radius 2 is 1.65 bits per heavy atom. The molecule has 1 aliphatic rings. The summed E-state index contributed by atoms with van der Waals surface area (Å²) >= 11 is 1.26. The lowest BCUT2D eigenvalue weighted by Gasteiger charge is -2.40. The highest BCUT2D eigenvalue weighted by Crippen LogP contribution is 2.38. The van der Waals surface area contributed by atoms with Crippen LogP contribution < -0.4 is 10.1 Å². The van der Waals surface area contributed by atoms with Crippen molar-refractivity contribution in [1.82, 2.24) is 14.9 Å². The van der Waals surface area contributed by atoms with Gasteiger partial charge in [-0.3, -0.25) is 9.59 Å². The van der Waals surface area contributed by atoms with Crippen molar-refractivity contribution in [3.8, 4) is 5.75 Å². The van der Waals surface area contributed by atoms with Crippen LogP contribution in [0, 0.1) is 19.7 Å². The molecule has 7 nitrogen and oxygen atoms in total. The number of carbonyl (C=O) groups excluding carboxylic acids is 2. The number of halogens is 1. The Labute approximate surface area is 220 Å². The fourth-order valence-electron chi connectivity index (χ4n) is 4.71. The highest BCUT2D eigenvalue weighted by molar-refractivity contribution is 7.99. The molecule has 9 heteroatoms. The molecule has 1 saturated carbocycles. The number of rotatable bonds is 9. The van der Waals surface area contributed by atoms with Crippen LogP contribution in [0.1, 0.15) is 42.6 Å². The SMILES string of the molecule is COc1ccc(NC(=O)C2(N(Cc3ccc(F)cc3)C(=O)CSc3nc(C)cc(C)n3)CCCC2)cc1. The second-order valence-corrected chi connectivity index (χ2v) is 10.2. The topological polar surface area (TPSA) is 84.4 Å². The summed E-state index contributed by atoms with van der Waals surface area (Å²) < 4.78 is 18.8. The van der Waals surface area contributed by atoms with Gasteiger partial charge < -0.3 is 15.0 Å². The third-order valence-electron chi connectivity index (χ3n) is 6.56. The fraction of sp³-hybridized carbons (Fsp3) is 0.357. The average Bonchev–Trinajstić information content (AvgIpc) is 3.38. The first-order chi connectivity index (χ1) is 17.8. The van der Waals surface area contributed by atoms with Crippen LogP contribution in [-0.4, -0.2) is 45.1 Å². The highest BCUT2D eigenvalue weighted by Gasteiger charge is 2.48. The Bertz CT molecular complexity index is 1230. The van der Waals surface area contributed by atoms with Gasteiger partial charge >= 0.3 is 0 Å². The number of ether oxygens (including phenoxy) is 1. The first-order valence-electron chi connectivity index (χ1n) is 12.2. The molecule has 0 saturated heterocycles. The van der Waals surface area contributed by atoms with Gasteiger partial charge in [0.1, 0.15) is 17.1 Å². The summed E-state index contributed by atoms with van der Waals surface area (Å²) in [7, 11) is 1.58. The van der Waals surface area contributed by atoms with Gasteiger partial charge in [0.05, 0.1) is 12.9 Å². The van der Waals surface area contributed by atoms with Crippen molar-refractivity contribution in [2.24, 2.45) is 0 Å². The predicted octanol–water partition coefficient (Wildman–Crippen LogP) is 5.31. The Morgan fingerprint density at radius 1 is 1.03 bits per heavy atom. The van der Waals surface area contributed by atoms with E-state index in [0.717, 1.165) is 29.8 Å². The van der Waals surface area contributed by atoms with Crippen LogP contribution in [0.4, 0.5) is 10.1 Å². The molecule has 2 aromatic carbocycles. The zero-order valence-electron chi connectivity index (χ0n) is 21.3. The maximum Gasteiger partial charge on any atom is 0.250 e. The van der Waals surface area contributed by atoms with Crippen LogP contribution in [0.2, 0.25) is 0 Å². The minimum absolute atomic E-state index is 0.0850. The molecule has 37 heavy (non-hydrogen) atoms. The number of aromatic nitrogens is 2. The summed E-state index contributed by atoms with van der Waals surface area (Å²) in [6.07, 6.45) is 2.76. The second-order valence-electron chi connectivity index (χ2n) is 9.25. The van der Waals surface area contributed by atoms with Gasteiger partial charge in [0.25, 0.3) is 0 Å². The zero-order chi connectivity index (χ0) is 26.4. The second kappa shape index (κ2) is 11.7. The zero-order valence-corrected chi connectivity index (χ0v) is 22.1. The quantitative estimate of drug-likeness (QED) is 0.303. The number of carbonyl (C=O) groups is 2. The molecular formula is C28H31FN4O3S. The Morgan fingerprint density at radius 3 is 2.24 bits per heavy atom. The molecule has 1 aromatic heterocycles. The van der Waals surface area contributed by atoms with Crippen molar-refractivity contribution in [3.05, 3.63) is 77.4 Å². The van der Waals surface area contributed by atoms with Crippen LogP contribution in [0.3, 0.4) is 0 Å². The first kappa shape index (κ1) is 26.6. The van der Waals surface area contributed by atoms with Crippen LogP contribution in [0.5, 0.6) is 5.75 Å². The smallest absolute Gasteiger partial charge is 0.250 e. The molecule has 0 unspecified atom stereocenters. The predicted molar refractivity (Wildman–Crippen MR) is 142 cm³/mol. The maximum atomic E-state index is 13.8. The molecule has 4 rings (SSSR count). The molecule has 0 bridgehead atoms. The minimum Gasteiger partial charge on any atom is -0.497 e. The molecule has 0 aliphatic heterocycles. The third kappa shape index (κ3) is 6.46. The fourth-order valence-corrected chi connectivity index (χ4v) is 5.54. The van der Waals surface area contributed by atoms with Crippen LogP contribution in [0.15, 0.2) is 59.8 Å². The Balaban J connectivity index is 1.61. The molecular weight excluding hydrogens is 491 g/mol. The molecule has 1 heterocycles. The number of hydrogen-bond acceptors (Lipinski definition) is 6. The number of hydrogen-bond donors (Lipinski definition) is 1. The van der Waals surface area contributed by atoms with E-state index in [0.29, 0.717) is 29.4 Å². The summed E-state index contributed by atoms with van der Waals surface area (Å²) in [5.74, 6) is 0.00761. The number of methoxy groups -OCH3 is 1. The molecule has 0 atom stereocenters. The van der Waals surface area contributed by atoms with Gasteiger partial charge in [-0.05, 0) is 74.7 Å². The van der Waals surface area contributed by atoms with Crippen molar-refractivity contribution in [2.45, 2.75) is 56.8 Å². The van der Waals surface area contributed by atoms with Gasteiger partial charge in [-0.15, -0.1) is 0 Å². The van der Waals surface area contributed by atoms with E-state index in [1.165, 1.54) is 23.9 Å². The number of aryl methyl sites for hydroxylation is 2. The van der Waals surface area contributed by atoms with Gasteiger partial charge in [0, 0.05) is 23.6 Å². The van der Waals surface area contributed by atoms with Crippen LogP contribution in [-0.2, 0) is 16.1 Å². The van der Waals surface area contributed by atoms with E-state index >= 15 is 0 Å². The molecule has 0 radical (unpaired) electrons. The summed E-state index contributed by atoms with van der Waals surface area (Å²) in [4.78, 5) is 38.1.